The van der Waals surface area contributed by atoms with E-state index in [2.05, 4.69) is 66.5 Å². The highest BCUT2D eigenvalue weighted by Crippen LogP contribution is 2.63. The van der Waals surface area contributed by atoms with Crippen LogP contribution in [0.3, 0.4) is 0 Å². The van der Waals surface area contributed by atoms with Crippen molar-refractivity contribution >= 4 is 0 Å². The zero-order valence-electron chi connectivity index (χ0n) is 19.2. The summed E-state index contributed by atoms with van der Waals surface area (Å²) in [5.74, 6) is 3.36. The van der Waals surface area contributed by atoms with Gasteiger partial charge < -0.3 is 0 Å². The summed E-state index contributed by atoms with van der Waals surface area (Å²) in [4.78, 5) is 0. The molecule has 0 saturated heterocycles. The summed E-state index contributed by atoms with van der Waals surface area (Å²) >= 11 is 0. The highest BCUT2D eigenvalue weighted by atomic mass is 14.6. The van der Waals surface area contributed by atoms with E-state index in [4.69, 9.17) is 0 Å². The van der Waals surface area contributed by atoms with Gasteiger partial charge in [-0.2, -0.15) is 0 Å². The van der Waals surface area contributed by atoms with E-state index in [0.717, 1.165) is 23.7 Å². The minimum absolute atomic E-state index is 0.309. The molecule has 0 heteroatoms. The predicted octanol–water partition coefficient (Wildman–Crippen LogP) is 8.77. The molecule has 0 aliphatic heterocycles. The number of fused-ring (bicyclic) bond motifs is 1. The molecule has 27 heavy (non-hydrogen) atoms. The lowest BCUT2D eigenvalue weighted by Crippen LogP contribution is -2.46. The van der Waals surface area contributed by atoms with Gasteiger partial charge in [-0.25, -0.2) is 0 Å². The minimum atomic E-state index is 0.309. The maximum absolute atomic E-state index is 4.12. The van der Waals surface area contributed by atoms with Gasteiger partial charge in [0.1, 0.15) is 0 Å². The molecule has 0 bridgehead atoms. The van der Waals surface area contributed by atoms with Gasteiger partial charge in [-0.3, -0.25) is 0 Å². The Balaban J connectivity index is 0.00000114. The summed E-state index contributed by atoms with van der Waals surface area (Å²) in [6, 6.07) is 0. The van der Waals surface area contributed by atoms with E-state index in [1.807, 2.05) is 13.0 Å². The van der Waals surface area contributed by atoms with Gasteiger partial charge in [0, 0.05) is 0 Å². The molecular formula is C27H46. The molecule has 0 aromatic rings. The lowest BCUT2D eigenvalue weighted by Gasteiger charge is -2.54. The minimum Gasteiger partial charge on any atom is -0.103 e. The highest BCUT2D eigenvalue weighted by molar-refractivity contribution is 5.20. The van der Waals surface area contributed by atoms with Gasteiger partial charge in [0.05, 0.1) is 0 Å². The van der Waals surface area contributed by atoms with Crippen LogP contribution >= 0.6 is 0 Å². The van der Waals surface area contributed by atoms with Crippen LogP contribution in [-0.2, 0) is 0 Å². The summed E-state index contributed by atoms with van der Waals surface area (Å²) < 4.78 is 0. The Labute approximate surface area is 170 Å². The molecule has 6 atom stereocenters. The number of hydrogen-bond acceptors (Lipinski definition) is 0. The van der Waals surface area contributed by atoms with Gasteiger partial charge in [0.25, 0.3) is 0 Å². The molecule has 2 aliphatic rings. The number of rotatable bonds is 7. The van der Waals surface area contributed by atoms with Crippen molar-refractivity contribution in [3.8, 4) is 0 Å². The van der Waals surface area contributed by atoms with Crippen LogP contribution in [0.1, 0.15) is 86.5 Å². The first-order valence-corrected chi connectivity index (χ1v) is 11.2. The van der Waals surface area contributed by atoms with Crippen molar-refractivity contribution in [1.29, 1.82) is 0 Å². The van der Waals surface area contributed by atoms with Crippen molar-refractivity contribution in [3.63, 3.8) is 0 Å². The van der Waals surface area contributed by atoms with Crippen molar-refractivity contribution in [2.45, 2.75) is 86.5 Å². The van der Waals surface area contributed by atoms with Crippen molar-refractivity contribution in [2.75, 3.05) is 0 Å². The van der Waals surface area contributed by atoms with E-state index in [9.17, 15) is 0 Å². The molecule has 2 fully saturated rings. The van der Waals surface area contributed by atoms with Crippen LogP contribution in [0.15, 0.2) is 49.6 Å². The van der Waals surface area contributed by atoms with E-state index in [-0.39, 0.29) is 0 Å². The molecule has 2 aliphatic carbocycles. The molecule has 0 radical (unpaired) electrons. The van der Waals surface area contributed by atoms with Gasteiger partial charge in [0.2, 0.25) is 0 Å². The van der Waals surface area contributed by atoms with Crippen molar-refractivity contribution in [2.24, 2.45) is 34.5 Å². The third-order valence-corrected chi connectivity index (χ3v) is 8.21. The maximum atomic E-state index is 4.12. The molecule has 0 spiro atoms. The average molecular weight is 371 g/mol. The van der Waals surface area contributed by atoms with Crippen LogP contribution in [0, 0.1) is 34.5 Å². The fourth-order valence-electron chi connectivity index (χ4n) is 6.42. The zero-order valence-corrected chi connectivity index (χ0v) is 19.2. The van der Waals surface area contributed by atoms with Crippen LogP contribution in [0.2, 0.25) is 0 Å². The first-order valence-electron chi connectivity index (χ1n) is 11.2. The van der Waals surface area contributed by atoms with Gasteiger partial charge >= 0.3 is 0 Å². The second-order valence-corrected chi connectivity index (χ2v) is 9.59. The smallest absolute Gasteiger partial charge is 0.00850 e. The first kappa shape index (κ1) is 24.0. The molecule has 0 aromatic heterocycles. The Kier molecular flexibility index (Phi) is 9.32. The van der Waals surface area contributed by atoms with Crippen molar-refractivity contribution < 1.29 is 0 Å². The molecule has 0 heterocycles. The van der Waals surface area contributed by atoms with Crippen LogP contribution in [0.25, 0.3) is 0 Å². The number of hydrogen-bond donors (Lipinski definition) is 0. The third-order valence-electron chi connectivity index (χ3n) is 8.21. The van der Waals surface area contributed by atoms with Crippen molar-refractivity contribution in [1.82, 2.24) is 0 Å². The maximum Gasteiger partial charge on any atom is -0.00850 e. The topological polar surface area (TPSA) is 0 Å². The summed E-state index contributed by atoms with van der Waals surface area (Å²) in [6.45, 7) is 25.6. The van der Waals surface area contributed by atoms with E-state index < -0.39 is 0 Å². The van der Waals surface area contributed by atoms with Crippen molar-refractivity contribution in [3.05, 3.63) is 49.6 Å². The Morgan fingerprint density at radius 1 is 1.19 bits per heavy atom. The molecule has 2 saturated carbocycles. The molecule has 0 nitrogen and oxygen atoms in total. The van der Waals surface area contributed by atoms with Crippen LogP contribution in [0.5, 0.6) is 0 Å². The molecule has 154 valence electrons. The third kappa shape index (κ3) is 4.87. The molecule has 0 N–H and O–H groups in total. The standard InChI is InChI=1S/C24H40.C3H6/c1-8-11-18(4)23(6,16-10-3)22-15-17-24(7)19(5)13-14-21(24)20(22)12-9-2;1-3-2/h8-9,11,19-22H,1-2,10,12-17H2,3-7H3;3H,1H2,2H3/b18-11-;. The average Bonchev–Trinajstić information content (AvgIpc) is 2.92. The summed E-state index contributed by atoms with van der Waals surface area (Å²) in [7, 11) is 0. The van der Waals surface area contributed by atoms with Crippen LogP contribution in [0.4, 0.5) is 0 Å². The van der Waals surface area contributed by atoms with E-state index in [0.29, 0.717) is 10.8 Å². The fourth-order valence-corrected chi connectivity index (χ4v) is 6.42. The largest absolute Gasteiger partial charge is 0.103 e. The Morgan fingerprint density at radius 2 is 1.81 bits per heavy atom. The normalized spacial score (nSPS) is 35.3. The van der Waals surface area contributed by atoms with Gasteiger partial charge in [-0.05, 0) is 86.9 Å². The second-order valence-electron chi connectivity index (χ2n) is 9.59. The highest BCUT2D eigenvalue weighted by Gasteiger charge is 2.55. The SMILES string of the molecule is C=C/C=C(/C)C(C)(CCC)C1CCC2(C)C(C)CCC2C1CC=C.C=CC. The lowest BCUT2D eigenvalue weighted by atomic mass is 9.51. The lowest BCUT2D eigenvalue weighted by molar-refractivity contribution is -0.0265. The summed E-state index contributed by atoms with van der Waals surface area (Å²) in [6.07, 6.45) is 17.6. The van der Waals surface area contributed by atoms with E-state index in [1.165, 1.54) is 50.5 Å². The molecule has 0 aromatic carbocycles. The molecule has 6 unspecified atom stereocenters. The Hall–Kier alpha value is -1.04. The summed E-state index contributed by atoms with van der Waals surface area (Å²) in [5.41, 5.74) is 2.41. The number of allylic oxidation sites excluding steroid dienone is 5. The fraction of sp³-hybridized carbons (Fsp3) is 0.704. The molecular weight excluding hydrogens is 324 g/mol. The Bertz CT molecular complexity index is 524. The second kappa shape index (κ2) is 10.5. The predicted molar refractivity (Wildman–Crippen MR) is 124 cm³/mol. The monoisotopic (exact) mass is 370 g/mol. The van der Waals surface area contributed by atoms with Gasteiger partial charge in [-0.1, -0.05) is 70.6 Å². The Morgan fingerprint density at radius 3 is 2.33 bits per heavy atom. The van der Waals surface area contributed by atoms with Crippen LogP contribution < -0.4 is 0 Å². The molecule has 2 rings (SSSR count). The van der Waals surface area contributed by atoms with E-state index in [1.54, 1.807) is 6.08 Å². The van der Waals surface area contributed by atoms with Crippen LogP contribution in [-0.4, -0.2) is 0 Å². The zero-order chi connectivity index (χ0) is 20.7. The first-order chi connectivity index (χ1) is 12.8. The summed E-state index contributed by atoms with van der Waals surface area (Å²) in [5, 5.41) is 0. The van der Waals surface area contributed by atoms with E-state index >= 15 is 0 Å². The quantitative estimate of drug-likeness (QED) is 0.310. The van der Waals surface area contributed by atoms with Gasteiger partial charge in [0.15, 0.2) is 0 Å². The van der Waals surface area contributed by atoms with Gasteiger partial charge in [-0.15, -0.1) is 13.2 Å². The molecule has 0 amide bonds.